The normalized spacial score (nSPS) is 13.5. The Kier molecular flexibility index (Phi) is 6.97. The van der Waals surface area contributed by atoms with Crippen LogP contribution in [0.3, 0.4) is 0 Å². The number of nitrogens with one attached hydrogen (secondary N) is 2. The summed E-state index contributed by atoms with van der Waals surface area (Å²) in [5.74, 6) is 0. The van der Waals surface area contributed by atoms with Gasteiger partial charge < -0.3 is 20.6 Å². The summed E-state index contributed by atoms with van der Waals surface area (Å²) >= 11 is 0. The van der Waals surface area contributed by atoms with Gasteiger partial charge in [0.1, 0.15) is 0 Å². The second-order valence-electron chi connectivity index (χ2n) is 6.36. The minimum absolute atomic E-state index is 0.142. The van der Waals surface area contributed by atoms with E-state index in [1.807, 2.05) is 32.3 Å². The van der Waals surface area contributed by atoms with E-state index >= 15 is 0 Å². The average molecular weight is 345 g/mol. The fraction of sp³-hybridized carbons (Fsp3) is 0.444. The number of aryl methyl sites for hydroxylation is 1. The van der Waals surface area contributed by atoms with Crippen LogP contribution in [0.5, 0.6) is 0 Å². The van der Waals surface area contributed by atoms with Crippen molar-refractivity contribution in [1.29, 1.82) is 0 Å². The standard InChI is InChI=1S/C18H27N5O2/c1-22(2)16(9-14-7-5-4-6-8-14)11-19-18(25)20-12-17(24)15-10-21-23(3)13-15/h4-8,10,13,16-17,24H,9,11-12H2,1-3H3,(H2,19,20,25)/t16-,17+/m1/s1. The fourth-order valence-corrected chi connectivity index (χ4v) is 2.52. The predicted octanol–water partition coefficient (Wildman–Crippen LogP) is 0.926. The van der Waals surface area contributed by atoms with Crippen LogP contribution in [0.15, 0.2) is 42.7 Å². The second-order valence-corrected chi connectivity index (χ2v) is 6.36. The van der Waals surface area contributed by atoms with Gasteiger partial charge in [0.2, 0.25) is 0 Å². The summed E-state index contributed by atoms with van der Waals surface area (Å²) < 4.78 is 1.61. The van der Waals surface area contributed by atoms with Crippen molar-refractivity contribution in [3.05, 3.63) is 53.9 Å². The maximum atomic E-state index is 12.0. The topological polar surface area (TPSA) is 82.4 Å². The van der Waals surface area contributed by atoms with E-state index in [4.69, 9.17) is 0 Å². The number of nitrogens with zero attached hydrogens (tertiary/aromatic N) is 3. The molecule has 0 aliphatic rings. The van der Waals surface area contributed by atoms with Gasteiger partial charge in [0.25, 0.3) is 0 Å². The number of rotatable bonds is 8. The fourth-order valence-electron chi connectivity index (χ4n) is 2.52. The third-order valence-corrected chi connectivity index (χ3v) is 4.11. The van der Waals surface area contributed by atoms with Crippen LogP contribution in [0.25, 0.3) is 0 Å². The molecule has 0 saturated carbocycles. The molecule has 0 aliphatic heterocycles. The Balaban J connectivity index is 1.76. The summed E-state index contributed by atoms with van der Waals surface area (Å²) in [6, 6.07) is 10.1. The first-order valence-electron chi connectivity index (χ1n) is 8.34. The molecule has 2 amide bonds. The van der Waals surface area contributed by atoms with E-state index in [-0.39, 0.29) is 18.6 Å². The summed E-state index contributed by atoms with van der Waals surface area (Å²) in [4.78, 5) is 14.1. The quantitative estimate of drug-likeness (QED) is 0.665. The van der Waals surface area contributed by atoms with E-state index < -0.39 is 6.10 Å². The summed E-state index contributed by atoms with van der Waals surface area (Å²) in [7, 11) is 5.78. The van der Waals surface area contributed by atoms with Crippen molar-refractivity contribution >= 4 is 6.03 Å². The number of amides is 2. The van der Waals surface area contributed by atoms with Crippen LogP contribution < -0.4 is 10.6 Å². The number of likely N-dealkylation sites (N-methyl/N-ethyl adjacent to an activating group) is 1. The van der Waals surface area contributed by atoms with Crippen molar-refractivity contribution < 1.29 is 9.90 Å². The number of carbonyl (C=O) groups is 1. The van der Waals surface area contributed by atoms with Gasteiger partial charge in [-0.15, -0.1) is 0 Å². The molecule has 7 nitrogen and oxygen atoms in total. The van der Waals surface area contributed by atoms with E-state index in [1.54, 1.807) is 24.1 Å². The maximum Gasteiger partial charge on any atom is 0.314 e. The molecule has 1 aromatic carbocycles. The van der Waals surface area contributed by atoms with Crippen LogP contribution in [0.1, 0.15) is 17.2 Å². The molecular weight excluding hydrogens is 318 g/mol. The van der Waals surface area contributed by atoms with Gasteiger partial charge in [-0.05, 0) is 26.1 Å². The number of urea groups is 1. The van der Waals surface area contributed by atoms with Crippen LogP contribution in [-0.4, -0.2) is 59.0 Å². The van der Waals surface area contributed by atoms with Crippen LogP contribution >= 0.6 is 0 Å². The van der Waals surface area contributed by atoms with Gasteiger partial charge in [-0.25, -0.2) is 4.79 Å². The largest absolute Gasteiger partial charge is 0.386 e. The number of aliphatic hydroxyl groups excluding tert-OH is 1. The van der Waals surface area contributed by atoms with Crippen LogP contribution in [0, 0.1) is 0 Å². The number of hydrogen-bond donors (Lipinski definition) is 3. The highest BCUT2D eigenvalue weighted by atomic mass is 16.3. The zero-order chi connectivity index (χ0) is 18.2. The molecule has 2 atom stereocenters. The summed E-state index contributed by atoms with van der Waals surface area (Å²) in [6.07, 6.45) is 3.40. The van der Waals surface area contributed by atoms with Crippen LogP contribution in [0.2, 0.25) is 0 Å². The summed E-state index contributed by atoms with van der Waals surface area (Å²) in [5.41, 5.74) is 1.91. The van der Waals surface area contributed by atoms with Gasteiger partial charge >= 0.3 is 6.03 Å². The lowest BCUT2D eigenvalue weighted by Crippen LogP contribution is -2.45. The zero-order valence-electron chi connectivity index (χ0n) is 15.0. The lowest BCUT2D eigenvalue weighted by atomic mass is 10.1. The number of benzene rings is 1. The van der Waals surface area contributed by atoms with Gasteiger partial charge in [-0.1, -0.05) is 30.3 Å². The van der Waals surface area contributed by atoms with E-state index in [0.717, 1.165) is 6.42 Å². The molecule has 0 bridgehead atoms. The Labute approximate surface area is 148 Å². The first-order valence-corrected chi connectivity index (χ1v) is 8.34. The monoisotopic (exact) mass is 345 g/mol. The molecule has 0 spiro atoms. The number of aromatic nitrogens is 2. The minimum Gasteiger partial charge on any atom is -0.386 e. The first-order chi connectivity index (χ1) is 12.0. The van der Waals surface area contributed by atoms with Crippen molar-refractivity contribution in [2.75, 3.05) is 27.2 Å². The lowest BCUT2D eigenvalue weighted by Gasteiger charge is -2.25. The molecule has 0 fully saturated rings. The molecule has 2 rings (SSSR count). The van der Waals surface area contributed by atoms with Crippen molar-refractivity contribution in [3.8, 4) is 0 Å². The third-order valence-electron chi connectivity index (χ3n) is 4.11. The Hall–Kier alpha value is -2.38. The lowest BCUT2D eigenvalue weighted by molar-refractivity contribution is 0.172. The van der Waals surface area contributed by atoms with E-state index in [2.05, 4.69) is 32.8 Å². The summed E-state index contributed by atoms with van der Waals surface area (Å²) in [5, 5.41) is 19.6. The smallest absolute Gasteiger partial charge is 0.314 e. The molecule has 136 valence electrons. The number of aliphatic hydroxyl groups is 1. The molecule has 3 N–H and O–H groups in total. The Morgan fingerprint density at radius 2 is 1.92 bits per heavy atom. The minimum atomic E-state index is -0.770. The van der Waals surface area contributed by atoms with Gasteiger partial charge in [0.15, 0.2) is 0 Å². The van der Waals surface area contributed by atoms with Gasteiger partial charge in [-0.2, -0.15) is 5.10 Å². The molecule has 2 aromatic rings. The van der Waals surface area contributed by atoms with E-state index in [1.165, 1.54) is 5.56 Å². The molecule has 25 heavy (non-hydrogen) atoms. The van der Waals surface area contributed by atoms with Crippen LogP contribution in [-0.2, 0) is 13.5 Å². The molecule has 7 heteroatoms. The van der Waals surface area contributed by atoms with Crippen molar-refractivity contribution in [2.45, 2.75) is 18.6 Å². The maximum absolute atomic E-state index is 12.0. The molecule has 0 saturated heterocycles. The highest BCUT2D eigenvalue weighted by Crippen LogP contribution is 2.09. The van der Waals surface area contributed by atoms with Gasteiger partial charge in [0, 0.05) is 37.9 Å². The van der Waals surface area contributed by atoms with Gasteiger partial charge in [0.05, 0.1) is 12.3 Å². The second kappa shape index (κ2) is 9.19. The first kappa shape index (κ1) is 19.0. The Bertz CT molecular complexity index is 656. The molecule has 1 heterocycles. The molecule has 0 radical (unpaired) electrons. The Morgan fingerprint density at radius 3 is 2.52 bits per heavy atom. The number of carbonyl (C=O) groups excluding carboxylic acids is 1. The highest BCUT2D eigenvalue weighted by Gasteiger charge is 2.15. The molecular formula is C18H27N5O2. The average Bonchev–Trinajstić information content (AvgIpc) is 3.03. The molecule has 1 aromatic heterocycles. The van der Waals surface area contributed by atoms with Gasteiger partial charge in [-0.3, -0.25) is 4.68 Å². The van der Waals surface area contributed by atoms with E-state index in [9.17, 15) is 9.90 Å². The Morgan fingerprint density at radius 1 is 1.24 bits per heavy atom. The van der Waals surface area contributed by atoms with E-state index in [0.29, 0.717) is 12.1 Å². The van der Waals surface area contributed by atoms with Crippen LogP contribution in [0.4, 0.5) is 4.79 Å². The number of hydrogen-bond acceptors (Lipinski definition) is 4. The van der Waals surface area contributed by atoms with Crippen molar-refractivity contribution in [2.24, 2.45) is 7.05 Å². The molecule has 0 unspecified atom stereocenters. The zero-order valence-corrected chi connectivity index (χ0v) is 15.0. The SMILES string of the molecule is CN(C)[C@@H](CNC(=O)NC[C@H](O)c1cnn(C)c1)Cc1ccccc1. The third kappa shape index (κ3) is 6.21. The predicted molar refractivity (Wildman–Crippen MR) is 97.2 cm³/mol. The molecule has 0 aliphatic carbocycles. The van der Waals surface area contributed by atoms with Crippen molar-refractivity contribution in [1.82, 2.24) is 25.3 Å². The highest BCUT2D eigenvalue weighted by molar-refractivity contribution is 5.73. The summed E-state index contributed by atoms with van der Waals surface area (Å²) in [6.45, 7) is 0.666. The van der Waals surface area contributed by atoms with Crippen molar-refractivity contribution in [3.63, 3.8) is 0 Å².